The standard InChI is InChI=1S/C14H12F3N5O2/c1-22-11(19-13(20-22)14(15,16)17)7-18-12(23)6-9-8-4-2-3-5-10(8)24-21-9/h2-5H,6-7H2,1H3,(H,18,23). The molecule has 0 aliphatic heterocycles. The first-order valence-corrected chi connectivity index (χ1v) is 6.91. The van der Waals surface area contributed by atoms with Gasteiger partial charge >= 0.3 is 6.18 Å². The zero-order valence-electron chi connectivity index (χ0n) is 12.5. The fourth-order valence-corrected chi connectivity index (χ4v) is 2.15. The van der Waals surface area contributed by atoms with E-state index in [9.17, 15) is 18.0 Å². The molecule has 1 amide bonds. The maximum absolute atomic E-state index is 12.5. The number of benzene rings is 1. The Morgan fingerprint density at radius 3 is 2.79 bits per heavy atom. The van der Waals surface area contributed by atoms with Gasteiger partial charge in [-0.3, -0.25) is 9.48 Å². The lowest BCUT2D eigenvalue weighted by Crippen LogP contribution is -2.26. The second-order valence-corrected chi connectivity index (χ2v) is 5.05. The van der Waals surface area contributed by atoms with E-state index in [1.165, 1.54) is 7.05 Å². The predicted molar refractivity (Wildman–Crippen MR) is 75.6 cm³/mol. The van der Waals surface area contributed by atoms with Crippen molar-refractivity contribution in [3.05, 3.63) is 41.6 Å². The van der Waals surface area contributed by atoms with Crippen molar-refractivity contribution in [3.63, 3.8) is 0 Å². The van der Waals surface area contributed by atoms with Crippen LogP contribution in [0.3, 0.4) is 0 Å². The van der Waals surface area contributed by atoms with Gasteiger partial charge in [0, 0.05) is 12.4 Å². The SMILES string of the molecule is Cn1nc(C(F)(F)F)nc1CNC(=O)Cc1noc2ccccc12. The Balaban J connectivity index is 1.65. The minimum atomic E-state index is -4.63. The van der Waals surface area contributed by atoms with E-state index in [2.05, 4.69) is 20.6 Å². The van der Waals surface area contributed by atoms with Gasteiger partial charge in [0.2, 0.25) is 5.91 Å². The Hall–Kier alpha value is -2.91. The van der Waals surface area contributed by atoms with Crippen molar-refractivity contribution in [2.75, 3.05) is 0 Å². The van der Waals surface area contributed by atoms with Crippen molar-refractivity contribution < 1.29 is 22.5 Å². The Morgan fingerprint density at radius 1 is 1.33 bits per heavy atom. The van der Waals surface area contributed by atoms with E-state index in [0.29, 0.717) is 16.7 Å². The lowest BCUT2D eigenvalue weighted by atomic mass is 10.1. The van der Waals surface area contributed by atoms with Crippen molar-refractivity contribution in [2.45, 2.75) is 19.1 Å². The van der Waals surface area contributed by atoms with Gasteiger partial charge in [0.15, 0.2) is 5.58 Å². The molecule has 0 spiro atoms. The lowest BCUT2D eigenvalue weighted by Gasteiger charge is -2.03. The molecule has 0 atom stereocenters. The molecule has 0 aliphatic carbocycles. The summed E-state index contributed by atoms with van der Waals surface area (Å²) in [6.07, 6.45) is -4.68. The summed E-state index contributed by atoms with van der Waals surface area (Å²) in [5.41, 5.74) is 1.01. The van der Waals surface area contributed by atoms with Gasteiger partial charge in [0.1, 0.15) is 11.5 Å². The Labute approximate surface area is 133 Å². The van der Waals surface area contributed by atoms with Crippen LogP contribution in [-0.2, 0) is 31.0 Å². The van der Waals surface area contributed by atoms with Crippen LogP contribution in [0.5, 0.6) is 0 Å². The first-order valence-electron chi connectivity index (χ1n) is 6.91. The van der Waals surface area contributed by atoms with E-state index in [1.807, 2.05) is 0 Å². The Morgan fingerprint density at radius 2 is 2.08 bits per heavy atom. The van der Waals surface area contributed by atoms with Crippen LogP contribution >= 0.6 is 0 Å². The zero-order chi connectivity index (χ0) is 17.3. The van der Waals surface area contributed by atoms with Crippen molar-refractivity contribution in [1.82, 2.24) is 25.2 Å². The number of hydrogen-bond acceptors (Lipinski definition) is 5. The molecular formula is C14H12F3N5O2. The van der Waals surface area contributed by atoms with Crippen LogP contribution in [0, 0.1) is 0 Å². The molecule has 24 heavy (non-hydrogen) atoms. The average molecular weight is 339 g/mol. The molecule has 0 unspecified atom stereocenters. The summed E-state index contributed by atoms with van der Waals surface area (Å²) in [5.74, 6) is -1.65. The number of carbonyl (C=O) groups is 1. The van der Waals surface area contributed by atoms with Crippen LogP contribution in [0.4, 0.5) is 13.2 Å². The number of nitrogens with one attached hydrogen (secondary N) is 1. The van der Waals surface area contributed by atoms with Crippen LogP contribution < -0.4 is 5.32 Å². The third-order valence-electron chi connectivity index (χ3n) is 3.33. The number of amides is 1. The average Bonchev–Trinajstić information content (AvgIpc) is 3.09. The number of fused-ring (bicyclic) bond motifs is 1. The van der Waals surface area contributed by atoms with E-state index >= 15 is 0 Å². The van der Waals surface area contributed by atoms with Crippen LogP contribution in [0.25, 0.3) is 11.0 Å². The normalized spacial score (nSPS) is 11.8. The highest BCUT2D eigenvalue weighted by Gasteiger charge is 2.36. The summed E-state index contributed by atoms with van der Waals surface area (Å²) in [7, 11) is 1.33. The molecule has 1 aromatic carbocycles. The molecule has 0 aliphatic rings. The number of carbonyl (C=O) groups excluding carboxylic acids is 1. The van der Waals surface area contributed by atoms with Gasteiger partial charge in [-0.25, -0.2) is 4.98 Å². The van der Waals surface area contributed by atoms with E-state index in [4.69, 9.17) is 4.52 Å². The first kappa shape index (κ1) is 16.0. The molecule has 2 heterocycles. The van der Waals surface area contributed by atoms with Crippen molar-refractivity contribution >= 4 is 16.9 Å². The highest BCUT2D eigenvalue weighted by Crippen LogP contribution is 2.26. The molecule has 0 saturated carbocycles. The topological polar surface area (TPSA) is 85.8 Å². The number of para-hydroxylation sites is 1. The van der Waals surface area contributed by atoms with Crippen LogP contribution in [0.1, 0.15) is 17.3 Å². The third kappa shape index (κ3) is 3.21. The number of aromatic nitrogens is 4. The predicted octanol–water partition coefficient (Wildman–Crippen LogP) is 1.83. The molecule has 2 aromatic heterocycles. The molecular weight excluding hydrogens is 327 g/mol. The second kappa shape index (κ2) is 5.95. The van der Waals surface area contributed by atoms with Gasteiger partial charge in [0.05, 0.1) is 13.0 Å². The Kier molecular flexibility index (Phi) is 3.96. The number of halogens is 3. The largest absolute Gasteiger partial charge is 0.453 e. The van der Waals surface area contributed by atoms with Gasteiger partial charge in [0.25, 0.3) is 5.82 Å². The molecule has 7 nitrogen and oxygen atoms in total. The highest BCUT2D eigenvalue weighted by atomic mass is 19.4. The molecule has 0 radical (unpaired) electrons. The summed E-state index contributed by atoms with van der Waals surface area (Å²) in [5, 5.41) is 10.3. The highest BCUT2D eigenvalue weighted by molar-refractivity contribution is 5.86. The maximum Gasteiger partial charge on any atom is 0.453 e. The van der Waals surface area contributed by atoms with Gasteiger partial charge in [-0.1, -0.05) is 17.3 Å². The van der Waals surface area contributed by atoms with Gasteiger partial charge in [-0.05, 0) is 12.1 Å². The summed E-state index contributed by atoms with van der Waals surface area (Å²) in [6.45, 7) is -0.172. The van der Waals surface area contributed by atoms with Crippen LogP contribution in [0.15, 0.2) is 28.8 Å². The molecule has 3 rings (SSSR count). The second-order valence-electron chi connectivity index (χ2n) is 5.05. The smallest absolute Gasteiger partial charge is 0.356 e. The molecule has 3 aromatic rings. The fraction of sp³-hybridized carbons (Fsp3) is 0.286. The molecule has 10 heteroatoms. The number of nitrogens with zero attached hydrogens (tertiary/aromatic N) is 4. The van der Waals surface area contributed by atoms with Gasteiger partial charge in [-0.15, -0.1) is 5.10 Å². The Bertz CT molecular complexity index is 884. The van der Waals surface area contributed by atoms with Crippen LogP contribution in [-0.4, -0.2) is 25.8 Å². The molecule has 0 bridgehead atoms. The summed E-state index contributed by atoms with van der Waals surface area (Å²) in [4.78, 5) is 15.3. The fourth-order valence-electron chi connectivity index (χ4n) is 2.15. The van der Waals surface area contributed by atoms with Crippen molar-refractivity contribution in [3.8, 4) is 0 Å². The number of alkyl halides is 3. The summed E-state index contributed by atoms with van der Waals surface area (Å²) < 4.78 is 43.7. The van der Waals surface area contributed by atoms with Crippen molar-refractivity contribution in [1.29, 1.82) is 0 Å². The minimum absolute atomic E-state index is 0.000635. The van der Waals surface area contributed by atoms with Crippen LogP contribution in [0.2, 0.25) is 0 Å². The monoisotopic (exact) mass is 339 g/mol. The zero-order valence-corrected chi connectivity index (χ0v) is 12.5. The van der Waals surface area contributed by atoms with Gasteiger partial charge in [-0.2, -0.15) is 13.2 Å². The minimum Gasteiger partial charge on any atom is -0.356 e. The van der Waals surface area contributed by atoms with E-state index in [1.54, 1.807) is 24.3 Å². The number of rotatable bonds is 4. The third-order valence-corrected chi connectivity index (χ3v) is 3.33. The summed E-state index contributed by atoms with van der Waals surface area (Å²) in [6, 6.07) is 7.07. The van der Waals surface area contributed by atoms with E-state index < -0.39 is 17.9 Å². The first-order chi connectivity index (χ1) is 11.3. The molecule has 1 N–H and O–H groups in total. The number of hydrogen-bond donors (Lipinski definition) is 1. The van der Waals surface area contributed by atoms with E-state index in [-0.39, 0.29) is 18.8 Å². The number of aryl methyl sites for hydroxylation is 1. The van der Waals surface area contributed by atoms with Gasteiger partial charge < -0.3 is 9.84 Å². The van der Waals surface area contributed by atoms with Crippen molar-refractivity contribution in [2.24, 2.45) is 7.05 Å². The molecule has 0 fully saturated rings. The van der Waals surface area contributed by atoms with E-state index in [0.717, 1.165) is 4.68 Å². The summed E-state index contributed by atoms with van der Waals surface area (Å²) >= 11 is 0. The maximum atomic E-state index is 12.5. The lowest BCUT2D eigenvalue weighted by molar-refractivity contribution is -0.145. The quantitative estimate of drug-likeness (QED) is 0.784. The molecule has 126 valence electrons. The molecule has 0 saturated heterocycles.